The van der Waals surface area contributed by atoms with E-state index in [-0.39, 0.29) is 18.6 Å². The predicted molar refractivity (Wildman–Crippen MR) is 158 cm³/mol. The van der Waals surface area contributed by atoms with Crippen molar-refractivity contribution in [2.75, 3.05) is 13.2 Å². The quantitative estimate of drug-likeness (QED) is 0.186. The zero-order valence-electron chi connectivity index (χ0n) is 23.9. The summed E-state index contributed by atoms with van der Waals surface area (Å²) < 4.78 is 14.0. The second-order valence-corrected chi connectivity index (χ2v) is 10.4. The molecule has 39 heavy (non-hydrogen) atoms. The van der Waals surface area contributed by atoms with Gasteiger partial charge in [-0.1, -0.05) is 50.2 Å². The van der Waals surface area contributed by atoms with Crippen LogP contribution in [-0.4, -0.2) is 28.7 Å². The fourth-order valence-corrected chi connectivity index (χ4v) is 4.70. The second kappa shape index (κ2) is 13.3. The molecule has 0 aliphatic heterocycles. The molecule has 0 fully saturated rings. The third-order valence-corrected chi connectivity index (χ3v) is 7.26. The highest BCUT2D eigenvalue weighted by molar-refractivity contribution is 5.79. The summed E-state index contributed by atoms with van der Waals surface area (Å²) in [6.07, 6.45) is 2.99. The van der Waals surface area contributed by atoms with Crippen LogP contribution in [0.25, 0.3) is 11.0 Å². The largest absolute Gasteiger partial charge is 0.494 e. The maximum Gasteiger partial charge on any atom is 0.258 e. The molecule has 0 spiro atoms. The van der Waals surface area contributed by atoms with Gasteiger partial charge >= 0.3 is 0 Å². The molecule has 1 heterocycles. The van der Waals surface area contributed by atoms with Gasteiger partial charge in [0.05, 0.1) is 23.7 Å². The molecule has 1 amide bonds. The Kier molecular flexibility index (Phi) is 9.64. The number of aromatic nitrogens is 2. The van der Waals surface area contributed by atoms with Crippen molar-refractivity contribution in [1.82, 2.24) is 14.9 Å². The van der Waals surface area contributed by atoms with Gasteiger partial charge in [0.25, 0.3) is 5.91 Å². The van der Waals surface area contributed by atoms with E-state index in [4.69, 9.17) is 14.5 Å². The highest BCUT2D eigenvalue weighted by atomic mass is 16.5. The van der Waals surface area contributed by atoms with E-state index in [2.05, 4.69) is 54.1 Å². The average Bonchev–Trinajstić information content (AvgIpc) is 3.32. The number of aryl methyl sites for hydroxylation is 3. The summed E-state index contributed by atoms with van der Waals surface area (Å²) in [5.41, 5.74) is 5.46. The molecule has 0 saturated heterocycles. The van der Waals surface area contributed by atoms with Gasteiger partial charge in [-0.05, 0) is 93.0 Å². The van der Waals surface area contributed by atoms with Gasteiger partial charge in [-0.2, -0.15) is 0 Å². The number of rotatable bonds is 13. The predicted octanol–water partition coefficient (Wildman–Crippen LogP) is 7.28. The van der Waals surface area contributed by atoms with E-state index in [1.807, 2.05) is 57.2 Å². The van der Waals surface area contributed by atoms with Crippen molar-refractivity contribution >= 4 is 16.9 Å². The molecular weight excluding hydrogens is 486 g/mol. The Balaban J connectivity index is 1.33. The summed E-state index contributed by atoms with van der Waals surface area (Å²) >= 11 is 0. The zero-order valence-corrected chi connectivity index (χ0v) is 23.9. The number of fused-ring (bicyclic) bond motifs is 1. The summed E-state index contributed by atoms with van der Waals surface area (Å²) in [4.78, 5) is 17.6. The van der Waals surface area contributed by atoms with E-state index in [1.54, 1.807) is 0 Å². The minimum Gasteiger partial charge on any atom is -0.494 e. The SMILES string of the molecule is CCC(C)c1ccc(OCCCCn2c(C(C)NC(=O)COc3cc(C)ccc3C)nc3ccccc32)cc1. The first-order valence-corrected chi connectivity index (χ1v) is 14.0. The number of nitrogens with one attached hydrogen (secondary N) is 1. The smallest absolute Gasteiger partial charge is 0.258 e. The summed E-state index contributed by atoms with van der Waals surface area (Å²) in [6.45, 7) is 11.8. The van der Waals surface area contributed by atoms with Crippen LogP contribution in [0.3, 0.4) is 0 Å². The molecule has 206 valence electrons. The van der Waals surface area contributed by atoms with E-state index >= 15 is 0 Å². The number of ether oxygens (including phenoxy) is 2. The van der Waals surface area contributed by atoms with Crippen molar-refractivity contribution in [3.63, 3.8) is 0 Å². The van der Waals surface area contributed by atoms with Gasteiger partial charge in [0, 0.05) is 6.54 Å². The molecule has 2 atom stereocenters. The fraction of sp³-hybridized carbons (Fsp3) is 0.394. The maximum atomic E-state index is 12.7. The second-order valence-electron chi connectivity index (χ2n) is 10.4. The van der Waals surface area contributed by atoms with Gasteiger partial charge < -0.3 is 19.4 Å². The number of hydrogen-bond donors (Lipinski definition) is 1. The van der Waals surface area contributed by atoms with Crippen molar-refractivity contribution in [1.29, 1.82) is 0 Å². The van der Waals surface area contributed by atoms with Crippen LogP contribution in [0.15, 0.2) is 66.7 Å². The molecule has 6 nitrogen and oxygen atoms in total. The summed E-state index contributed by atoms with van der Waals surface area (Å²) in [6, 6.07) is 22.3. The van der Waals surface area contributed by atoms with Crippen molar-refractivity contribution < 1.29 is 14.3 Å². The Bertz CT molecular complexity index is 1380. The highest BCUT2D eigenvalue weighted by Gasteiger charge is 2.19. The van der Waals surface area contributed by atoms with Crippen LogP contribution in [-0.2, 0) is 11.3 Å². The molecule has 6 heteroatoms. The topological polar surface area (TPSA) is 65.4 Å². The number of unbranched alkanes of at least 4 members (excludes halogenated alkanes) is 1. The summed E-state index contributed by atoms with van der Waals surface area (Å²) in [5, 5.41) is 3.07. The molecule has 0 bridgehead atoms. The summed E-state index contributed by atoms with van der Waals surface area (Å²) in [5.74, 6) is 2.89. The van der Waals surface area contributed by atoms with Crippen LogP contribution in [0, 0.1) is 13.8 Å². The highest BCUT2D eigenvalue weighted by Crippen LogP contribution is 2.24. The third-order valence-electron chi connectivity index (χ3n) is 7.26. The number of imidazole rings is 1. The van der Waals surface area contributed by atoms with Gasteiger partial charge in [-0.15, -0.1) is 0 Å². The van der Waals surface area contributed by atoms with Crippen molar-refractivity contribution in [3.05, 3.63) is 89.2 Å². The van der Waals surface area contributed by atoms with Crippen molar-refractivity contribution in [3.8, 4) is 11.5 Å². The molecule has 4 rings (SSSR count). The molecule has 0 aliphatic rings. The minimum absolute atomic E-state index is 0.0372. The van der Waals surface area contributed by atoms with E-state index in [1.165, 1.54) is 5.56 Å². The lowest BCUT2D eigenvalue weighted by Gasteiger charge is -2.17. The van der Waals surface area contributed by atoms with Crippen LogP contribution < -0.4 is 14.8 Å². The van der Waals surface area contributed by atoms with Gasteiger partial charge in [0.2, 0.25) is 0 Å². The molecular formula is C33H41N3O3. The maximum absolute atomic E-state index is 12.7. The fourth-order valence-electron chi connectivity index (χ4n) is 4.70. The van der Waals surface area contributed by atoms with Crippen LogP contribution in [0.2, 0.25) is 0 Å². The van der Waals surface area contributed by atoms with Gasteiger partial charge in [0.1, 0.15) is 17.3 Å². The number of benzene rings is 3. The average molecular weight is 528 g/mol. The zero-order chi connectivity index (χ0) is 27.8. The minimum atomic E-state index is -0.257. The van der Waals surface area contributed by atoms with E-state index in [0.717, 1.165) is 65.3 Å². The number of carbonyl (C=O) groups excluding carboxylic acids is 1. The lowest BCUT2D eigenvalue weighted by atomic mass is 9.99. The summed E-state index contributed by atoms with van der Waals surface area (Å²) in [7, 11) is 0. The Hall–Kier alpha value is -3.80. The molecule has 1 aromatic heterocycles. The van der Waals surface area contributed by atoms with Crippen LogP contribution in [0.1, 0.15) is 74.5 Å². The monoisotopic (exact) mass is 527 g/mol. The van der Waals surface area contributed by atoms with Crippen LogP contribution in [0.4, 0.5) is 0 Å². The first kappa shape index (κ1) is 28.2. The normalized spacial score (nSPS) is 12.7. The first-order chi connectivity index (χ1) is 18.9. The molecule has 0 radical (unpaired) electrons. The van der Waals surface area contributed by atoms with E-state index in [0.29, 0.717) is 12.5 Å². The van der Waals surface area contributed by atoms with Crippen molar-refractivity contribution in [2.45, 2.75) is 72.4 Å². The standard InChI is InChI=1S/C33H41N3O3/c1-6-24(3)27-15-17-28(18-16-27)38-20-10-9-19-36-30-12-8-7-11-29(30)35-33(36)26(5)34-32(37)22-39-31-21-23(2)13-14-25(31)4/h7-8,11-18,21,24,26H,6,9-10,19-20,22H2,1-5H3,(H,34,37). The molecule has 2 unspecified atom stereocenters. The van der Waals surface area contributed by atoms with E-state index < -0.39 is 0 Å². The number of nitrogens with zero attached hydrogens (tertiary/aromatic N) is 2. The number of amides is 1. The Morgan fingerprint density at radius 1 is 0.974 bits per heavy atom. The van der Waals surface area contributed by atoms with Crippen LogP contribution >= 0.6 is 0 Å². The molecule has 4 aromatic rings. The number of para-hydroxylation sites is 2. The van der Waals surface area contributed by atoms with Crippen molar-refractivity contribution in [2.24, 2.45) is 0 Å². The lowest BCUT2D eigenvalue weighted by Crippen LogP contribution is -2.32. The Labute approximate surface area is 232 Å². The molecule has 1 N–H and O–H groups in total. The van der Waals surface area contributed by atoms with E-state index in [9.17, 15) is 4.79 Å². The molecule has 0 aliphatic carbocycles. The molecule has 0 saturated carbocycles. The van der Waals surface area contributed by atoms with Crippen LogP contribution in [0.5, 0.6) is 11.5 Å². The van der Waals surface area contributed by atoms with Gasteiger partial charge in [0.15, 0.2) is 6.61 Å². The lowest BCUT2D eigenvalue weighted by molar-refractivity contribution is -0.123. The first-order valence-electron chi connectivity index (χ1n) is 14.0. The Morgan fingerprint density at radius 3 is 2.51 bits per heavy atom. The number of hydrogen-bond acceptors (Lipinski definition) is 4. The number of carbonyl (C=O) groups is 1. The molecule has 3 aromatic carbocycles. The van der Waals surface area contributed by atoms with Gasteiger partial charge in [-0.25, -0.2) is 4.98 Å². The Morgan fingerprint density at radius 2 is 1.74 bits per heavy atom. The third kappa shape index (κ3) is 7.41. The van der Waals surface area contributed by atoms with Gasteiger partial charge in [-0.3, -0.25) is 4.79 Å².